The Kier molecular flexibility index (Phi) is 4.92. The highest BCUT2D eigenvalue weighted by Gasteiger charge is 2.25. The quantitative estimate of drug-likeness (QED) is 0.826. The average molecular weight is 282 g/mol. The molecule has 0 aliphatic carbocycles. The molecule has 0 heterocycles. The summed E-state index contributed by atoms with van der Waals surface area (Å²) in [6.45, 7) is 3.91. The van der Waals surface area contributed by atoms with E-state index in [-0.39, 0.29) is 17.9 Å². The van der Waals surface area contributed by atoms with Gasteiger partial charge in [-0.2, -0.15) is 9.57 Å². The van der Waals surface area contributed by atoms with Gasteiger partial charge in [-0.15, -0.1) is 0 Å². The van der Waals surface area contributed by atoms with Gasteiger partial charge in [0.1, 0.15) is 10.6 Å². The third kappa shape index (κ3) is 3.25. The second kappa shape index (κ2) is 6.04. The van der Waals surface area contributed by atoms with E-state index in [9.17, 15) is 8.42 Å². The van der Waals surface area contributed by atoms with Crippen molar-refractivity contribution in [2.75, 3.05) is 20.7 Å². The largest absolute Gasteiger partial charge is 0.495 e. The van der Waals surface area contributed by atoms with Gasteiger partial charge in [0.05, 0.1) is 13.2 Å². The number of hydrogen-bond acceptors (Lipinski definition) is 4. The number of ether oxygens (including phenoxy) is 1. The number of aryl methyl sites for hydroxylation is 2. The molecule has 104 valence electrons. The monoisotopic (exact) mass is 282 g/mol. The molecule has 0 spiro atoms. The Hall–Kier alpha value is -1.58. The lowest BCUT2D eigenvalue weighted by atomic mass is 10.1. The number of sulfonamides is 1. The predicted octanol–water partition coefficient (Wildman–Crippen LogP) is 1.85. The van der Waals surface area contributed by atoms with E-state index in [1.807, 2.05) is 19.9 Å². The van der Waals surface area contributed by atoms with Gasteiger partial charge in [-0.05, 0) is 37.1 Å². The van der Waals surface area contributed by atoms with Gasteiger partial charge in [-0.3, -0.25) is 0 Å². The highest BCUT2D eigenvalue weighted by atomic mass is 32.2. The molecule has 0 unspecified atom stereocenters. The lowest BCUT2D eigenvalue weighted by molar-refractivity contribution is 0.398. The lowest BCUT2D eigenvalue weighted by Gasteiger charge is -2.18. The molecule has 19 heavy (non-hydrogen) atoms. The SMILES string of the molecule is COc1cc(C)c(C)cc1S(=O)(=O)N(C)CCC#N. The van der Waals surface area contributed by atoms with Gasteiger partial charge in [0, 0.05) is 20.0 Å². The van der Waals surface area contributed by atoms with Gasteiger partial charge in [0.2, 0.25) is 10.0 Å². The molecule has 0 bridgehead atoms. The van der Waals surface area contributed by atoms with Gasteiger partial charge >= 0.3 is 0 Å². The average Bonchev–Trinajstić information content (AvgIpc) is 2.38. The second-order valence-corrected chi connectivity index (χ2v) is 6.34. The maximum absolute atomic E-state index is 12.4. The van der Waals surface area contributed by atoms with E-state index in [4.69, 9.17) is 10.00 Å². The van der Waals surface area contributed by atoms with Crippen LogP contribution in [0.25, 0.3) is 0 Å². The molecular weight excluding hydrogens is 264 g/mol. The van der Waals surface area contributed by atoms with Crippen LogP contribution in [-0.2, 0) is 10.0 Å². The minimum atomic E-state index is -3.64. The molecule has 0 fully saturated rings. The molecular formula is C13H18N2O3S. The van der Waals surface area contributed by atoms with Gasteiger partial charge < -0.3 is 4.74 Å². The zero-order valence-corrected chi connectivity index (χ0v) is 12.4. The molecule has 5 nitrogen and oxygen atoms in total. The summed E-state index contributed by atoms with van der Waals surface area (Å²) in [7, 11) is -0.734. The molecule has 0 atom stereocenters. The van der Waals surface area contributed by atoms with Gasteiger partial charge in [-0.1, -0.05) is 0 Å². The first-order chi connectivity index (χ1) is 8.84. The minimum absolute atomic E-state index is 0.138. The first-order valence-corrected chi connectivity index (χ1v) is 7.27. The molecule has 1 rings (SSSR count). The summed E-state index contributed by atoms with van der Waals surface area (Å²) < 4.78 is 31.2. The van der Waals surface area contributed by atoms with Crippen molar-refractivity contribution in [3.05, 3.63) is 23.3 Å². The van der Waals surface area contributed by atoms with Crippen molar-refractivity contribution in [1.82, 2.24) is 4.31 Å². The van der Waals surface area contributed by atoms with Crippen LogP contribution in [0, 0.1) is 25.2 Å². The van der Waals surface area contributed by atoms with Crippen molar-refractivity contribution < 1.29 is 13.2 Å². The smallest absolute Gasteiger partial charge is 0.246 e. The molecule has 0 aliphatic rings. The lowest BCUT2D eigenvalue weighted by Crippen LogP contribution is -2.28. The summed E-state index contributed by atoms with van der Waals surface area (Å²) in [5.41, 5.74) is 1.85. The maximum Gasteiger partial charge on any atom is 0.246 e. The van der Waals surface area contributed by atoms with E-state index in [2.05, 4.69) is 0 Å². The summed E-state index contributed by atoms with van der Waals surface area (Å²) in [6.07, 6.45) is 0.156. The van der Waals surface area contributed by atoms with Crippen LogP contribution in [0.3, 0.4) is 0 Å². The van der Waals surface area contributed by atoms with Gasteiger partial charge in [0.15, 0.2) is 0 Å². The van der Waals surface area contributed by atoms with Crippen LogP contribution in [0.15, 0.2) is 17.0 Å². The first-order valence-electron chi connectivity index (χ1n) is 5.83. The Balaban J connectivity index is 3.28. The topological polar surface area (TPSA) is 70.4 Å². The van der Waals surface area contributed by atoms with E-state index < -0.39 is 10.0 Å². The molecule has 1 aromatic carbocycles. The van der Waals surface area contributed by atoms with E-state index in [0.717, 1.165) is 11.1 Å². The number of benzene rings is 1. The van der Waals surface area contributed by atoms with E-state index >= 15 is 0 Å². The molecule has 0 radical (unpaired) electrons. The van der Waals surface area contributed by atoms with Crippen LogP contribution in [-0.4, -0.2) is 33.4 Å². The maximum atomic E-state index is 12.4. The number of nitrogens with zero attached hydrogens (tertiary/aromatic N) is 2. The standard InChI is InChI=1S/C13H18N2O3S/c1-10-8-12(18-4)13(9-11(10)2)19(16,17)15(3)7-5-6-14/h8-9H,5,7H2,1-4H3. The highest BCUT2D eigenvalue weighted by molar-refractivity contribution is 7.89. The van der Waals surface area contributed by atoms with Crippen molar-refractivity contribution in [3.8, 4) is 11.8 Å². The summed E-state index contributed by atoms with van der Waals surface area (Å²) in [5, 5.41) is 8.54. The Morgan fingerprint density at radius 2 is 1.89 bits per heavy atom. The van der Waals surface area contributed by atoms with E-state index in [1.165, 1.54) is 18.5 Å². The van der Waals surface area contributed by atoms with Crippen LogP contribution in [0.1, 0.15) is 17.5 Å². The molecule has 0 aromatic heterocycles. The van der Waals surface area contributed by atoms with Crippen LogP contribution >= 0.6 is 0 Å². The Bertz CT molecular complexity index is 603. The molecule has 0 saturated heterocycles. The highest BCUT2D eigenvalue weighted by Crippen LogP contribution is 2.29. The van der Waals surface area contributed by atoms with Crippen LogP contribution in [0.2, 0.25) is 0 Å². The predicted molar refractivity (Wildman–Crippen MR) is 72.5 cm³/mol. The normalized spacial score (nSPS) is 11.4. The van der Waals surface area contributed by atoms with Gasteiger partial charge in [0.25, 0.3) is 0 Å². The van der Waals surface area contributed by atoms with Crippen molar-refractivity contribution in [2.24, 2.45) is 0 Å². The Labute approximate surface area is 114 Å². The van der Waals surface area contributed by atoms with Crippen molar-refractivity contribution in [2.45, 2.75) is 25.2 Å². The van der Waals surface area contributed by atoms with Crippen LogP contribution < -0.4 is 4.74 Å². The number of methoxy groups -OCH3 is 1. The van der Waals surface area contributed by atoms with Gasteiger partial charge in [-0.25, -0.2) is 8.42 Å². The van der Waals surface area contributed by atoms with E-state index in [0.29, 0.717) is 5.75 Å². The zero-order chi connectivity index (χ0) is 14.6. The van der Waals surface area contributed by atoms with Crippen LogP contribution in [0.5, 0.6) is 5.75 Å². The molecule has 0 N–H and O–H groups in total. The fourth-order valence-electron chi connectivity index (χ4n) is 1.62. The third-order valence-corrected chi connectivity index (χ3v) is 4.88. The third-order valence-electron chi connectivity index (χ3n) is 3.01. The minimum Gasteiger partial charge on any atom is -0.495 e. The van der Waals surface area contributed by atoms with Crippen molar-refractivity contribution >= 4 is 10.0 Å². The Morgan fingerprint density at radius 3 is 2.42 bits per heavy atom. The summed E-state index contributed by atoms with van der Waals surface area (Å²) >= 11 is 0. The first kappa shape index (κ1) is 15.5. The second-order valence-electron chi connectivity index (χ2n) is 4.32. The summed E-state index contributed by atoms with van der Waals surface area (Å²) in [4.78, 5) is 0.138. The number of hydrogen-bond donors (Lipinski definition) is 0. The zero-order valence-electron chi connectivity index (χ0n) is 11.6. The molecule has 1 aromatic rings. The molecule has 0 saturated carbocycles. The summed E-state index contributed by atoms with van der Waals surface area (Å²) in [6, 6.07) is 5.25. The van der Waals surface area contributed by atoms with Crippen molar-refractivity contribution in [1.29, 1.82) is 5.26 Å². The van der Waals surface area contributed by atoms with E-state index in [1.54, 1.807) is 12.1 Å². The molecule has 6 heteroatoms. The number of rotatable bonds is 5. The molecule has 0 amide bonds. The van der Waals surface area contributed by atoms with Crippen molar-refractivity contribution in [3.63, 3.8) is 0 Å². The molecule has 0 aliphatic heterocycles. The van der Waals surface area contributed by atoms with Crippen LogP contribution in [0.4, 0.5) is 0 Å². The summed E-state index contributed by atoms with van der Waals surface area (Å²) in [5.74, 6) is 0.326. The fourth-order valence-corrected chi connectivity index (χ4v) is 3.01. The fraction of sp³-hybridized carbons (Fsp3) is 0.462. The number of nitriles is 1. The Morgan fingerprint density at radius 1 is 1.32 bits per heavy atom.